The first-order valence-corrected chi connectivity index (χ1v) is 7.88. The highest BCUT2D eigenvalue weighted by Crippen LogP contribution is 2.11. The average molecular weight is 339 g/mol. The summed E-state index contributed by atoms with van der Waals surface area (Å²) in [7, 11) is 5.38. The van der Waals surface area contributed by atoms with E-state index in [0.717, 1.165) is 25.1 Å². The predicted molar refractivity (Wildman–Crippen MR) is 94.5 cm³/mol. The van der Waals surface area contributed by atoms with Gasteiger partial charge >= 0.3 is 5.97 Å². The number of methoxy groups -OCH3 is 1. The fourth-order valence-corrected chi connectivity index (χ4v) is 2.25. The van der Waals surface area contributed by atoms with Crippen molar-refractivity contribution in [2.45, 2.75) is 18.9 Å². The minimum Gasteiger partial charge on any atom is -0.508 e. The number of thiocarbonyl (C=S) groups is 1. The molecule has 1 aromatic carbocycles. The SMILES string of the molecule is COC(=O)[C@H](Cc1ccc(O)cc1)NC(=S)NCCCN(C)C. The van der Waals surface area contributed by atoms with E-state index in [-0.39, 0.29) is 11.7 Å². The molecule has 1 rings (SSSR count). The lowest BCUT2D eigenvalue weighted by Crippen LogP contribution is -2.47. The van der Waals surface area contributed by atoms with E-state index in [1.165, 1.54) is 7.11 Å². The van der Waals surface area contributed by atoms with Gasteiger partial charge in [0.05, 0.1) is 7.11 Å². The molecule has 0 fully saturated rings. The van der Waals surface area contributed by atoms with Crippen LogP contribution in [0.25, 0.3) is 0 Å². The minimum absolute atomic E-state index is 0.189. The Morgan fingerprint density at radius 3 is 2.57 bits per heavy atom. The molecule has 0 aliphatic heterocycles. The molecule has 1 aromatic rings. The van der Waals surface area contributed by atoms with Crippen LogP contribution in [0.4, 0.5) is 0 Å². The standard InChI is InChI=1S/C16H25N3O3S/c1-19(2)10-4-9-17-16(23)18-14(15(21)22-3)11-12-5-7-13(20)8-6-12/h5-8,14,20H,4,9-11H2,1-3H3,(H2,17,18,23)/t14-/m0/s1. The van der Waals surface area contributed by atoms with E-state index in [0.29, 0.717) is 11.5 Å². The van der Waals surface area contributed by atoms with Gasteiger partial charge in [-0.05, 0) is 57.0 Å². The Bertz CT molecular complexity index is 506. The number of aromatic hydroxyl groups is 1. The van der Waals surface area contributed by atoms with Crippen molar-refractivity contribution < 1.29 is 14.6 Å². The van der Waals surface area contributed by atoms with Gasteiger partial charge in [-0.25, -0.2) is 4.79 Å². The van der Waals surface area contributed by atoms with Crippen molar-refractivity contribution in [3.05, 3.63) is 29.8 Å². The fourth-order valence-electron chi connectivity index (χ4n) is 2.01. The van der Waals surface area contributed by atoms with Crippen LogP contribution < -0.4 is 10.6 Å². The maximum atomic E-state index is 11.9. The van der Waals surface area contributed by atoms with Crippen molar-refractivity contribution in [2.75, 3.05) is 34.3 Å². The molecule has 3 N–H and O–H groups in total. The second-order valence-corrected chi connectivity index (χ2v) is 5.91. The molecule has 23 heavy (non-hydrogen) atoms. The number of phenols is 1. The Morgan fingerprint density at radius 2 is 2.00 bits per heavy atom. The van der Waals surface area contributed by atoms with E-state index in [9.17, 15) is 9.90 Å². The lowest BCUT2D eigenvalue weighted by molar-refractivity contribution is -0.142. The molecule has 0 aliphatic rings. The van der Waals surface area contributed by atoms with Crippen molar-refractivity contribution in [3.8, 4) is 5.75 Å². The molecule has 0 saturated carbocycles. The average Bonchev–Trinajstić information content (AvgIpc) is 2.52. The van der Waals surface area contributed by atoms with Crippen LogP contribution in [-0.2, 0) is 16.0 Å². The first-order valence-electron chi connectivity index (χ1n) is 7.47. The van der Waals surface area contributed by atoms with E-state index in [1.54, 1.807) is 24.3 Å². The molecular weight excluding hydrogens is 314 g/mol. The Kier molecular flexibility index (Phi) is 8.36. The van der Waals surface area contributed by atoms with Crippen LogP contribution in [0.1, 0.15) is 12.0 Å². The van der Waals surface area contributed by atoms with Gasteiger partial charge in [-0.3, -0.25) is 0 Å². The van der Waals surface area contributed by atoms with Crippen molar-refractivity contribution in [1.82, 2.24) is 15.5 Å². The van der Waals surface area contributed by atoms with Crippen molar-refractivity contribution >= 4 is 23.3 Å². The van der Waals surface area contributed by atoms with Gasteiger partial charge in [0, 0.05) is 13.0 Å². The van der Waals surface area contributed by atoms with Crippen LogP contribution in [0.3, 0.4) is 0 Å². The monoisotopic (exact) mass is 339 g/mol. The lowest BCUT2D eigenvalue weighted by Gasteiger charge is -2.19. The maximum Gasteiger partial charge on any atom is 0.328 e. The lowest BCUT2D eigenvalue weighted by atomic mass is 10.1. The summed E-state index contributed by atoms with van der Waals surface area (Å²) in [6, 6.07) is 6.13. The van der Waals surface area contributed by atoms with Crippen LogP contribution in [0, 0.1) is 0 Å². The molecule has 128 valence electrons. The molecule has 1 atom stereocenters. The molecule has 0 amide bonds. The third-order valence-electron chi connectivity index (χ3n) is 3.23. The van der Waals surface area contributed by atoms with E-state index in [4.69, 9.17) is 17.0 Å². The van der Waals surface area contributed by atoms with Gasteiger partial charge in [0.1, 0.15) is 11.8 Å². The molecule has 7 heteroatoms. The van der Waals surface area contributed by atoms with Gasteiger partial charge in [0.2, 0.25) is 0 Å². The van der Waals surface area contributed by atoms with E-state index >= 15 is 0 Å². The van der Waals surface area contributed by atoms with Gasteiger partial charge < -0.3 is 25.4 Å². The van der Waals surface area contributed by atoms with Gasteiger partial charge in [-0.1, -0.05) is 12.1 Å². The highest BCUT2D eigenvalue weighted by Gasteiger charge is 2.20. The van der Waals surface area contributed by atoms with Gasteiger partial charge in [0.25, 0.3) is 0 Å². The van der Waals surface area contributed by atoms with Crippen LogP contribution >= 0.6 is 12.2 Å². The Hall–Kier alpha value is -1.86. The summed E-state index contributed by atoms with van der Waals surface area (Å²) in [5.74, 6) is -0.190. The number of esters is 1. The molecule has 0 spiro atoms. The number of hydrogen-bond acceptors (Lipinski definition) is 5. The normalized spacial score (nSPS) is 11.8. The number of benzene rings is 1. The second kappa shape index (κ2) is 10.0. The fraction of sp³-hybridized carbons (Fsp3) is 0.500. The molecule has 0 heterocycles. The van der Waals surface area contributed by atoms with Crippen LogP contribution in [0.15, 0.2) is 24.3 Å². The minimum atomic E-state index is -0.571. The Labute approximate surface area is 142 Å². The first-order chi connectivity index (χ1) is 10.9. The summed E-state index contributed by atoms with van der Waals surface area (Å²) in [5, 5.41) is 15.8. The molecule has 0 unspecified atom stereocenters. The zero-order valence-electron chi connectivity index (χ0n) is 13.8. The third kappa shape index (κ3) is 7.80. The molecule has 6 nitrogen and oxygen atoms in total. The topological polar surface area (TPSA) is 73.8 Å². The number of ether oxygens (including phenoxy) is 1. The number of nitrogens with zero attached hydrogens (tertiary/aromatic N) is 1. The van der Waals surface area contributed by atoms with E-state index in [2.05, 4.69) is 15.5 Å². The number of hydrogen-bond donors (Lipinski definition) is 3. The van der Waals surface area contributed by atoms with Crippen molar-refractivity contribution in [2.24, 2.45) is 0 Å². The summed E-state index contributed by atoms with van der Waals surface area (Å²) < 4.78 is 4.82. The van der Waals surface area contributed by atoms with Crippen LogP contribution in [0.2, 0.25) is 0 Å². The molecule has 0 aromatic heterocycles. The van der Waals surface area contributed by atoms with Crippen LogP contribution in [-0.4, -0.2) is 61.4 Å². The number of phenolic OH excluding ortho intramolecular Hbond substituents is 1. The van der Waals surface area contributed by atoms with Crippen molar-refractivity contribution in [1.29, 1.82) is 0 Å². The first kappa shape index (κ1) is 19.2. The Balaban J connectivity index is 2.52. The van der Waals surface area contributed by atoms with Crippen LogP contribution in [0.5, 0.6) is 5.75 Å². The van der Waals surface area contributed by atoms with Gasteiger partial charge in [-0.15, -0.1) is 0 Å². The molecule has 0 saturated heterocycles. The molecular formula is C16H25N3O3S. The number of rotatable bonds is 8. The van der Waals surface area contributed by atoms with Gasteiger partial charge in [0.15, 0.2) is 5.11 Å². The van der Waals surface area contributed by atoms with E-state index < -0.39 is 6.04 Å². The predicted octanol–water partition coefficient (Wildman–Crippen LogP) is 0.892. The highest BCUT2D eigenvalue weighted by atomic mass is 32.1. The third-order valence-corrected chi connectivity index (χ3v) is 3.50. The van der Waals surface area contributed by atoms with E-state index in [1.807, 2.05) is 14.1 Å². The zero-order chi connectivity index (χ0) is 17.2. The highest BCUT2D eigenvalue weighted by molar-refractivity contribution is 7.80. The summed E-state index contributed by atoms with van der Waals surface area (Å²) in [6.45, 7) is 1.70. The smallest absolute Gasteiger partial charge is 0.328 e. The van der Waals surface area contributed by atoms with Crippen molar-refractivity contribution in [3.63, 3.8) is 0 Å². The quantitative estimate of drug-likeness (QED) is 0.369. The summed E-state index contributed by atoms with van der Waals surface area (Å²) in [4.78, 5) is 14.0. The molecule has 0 aliphatic carbocycles. The summed E-state index contributed by atoms with van der Waals surface area (Å²) in [5.41, 5.74) is 0.904. The largest absolute Gasteiger partial charge is 0.508 e. The Morgan fingerprint density at radius 1 is 1.35 bits per heavy atom. The maximum absolute atomic E-state index is 11.9. The van der Waals surface area contributed by atoms with Gasteiger partial charge in [-0.2, -0.15) is 0 Å². The summed E-state index contributed by atoms with van der Waals surface area (Å²) in [6.07, 6.45) is 1.38. The second-order valence-electron chi connectivity index (χ2n) is 5.50. The molecule has 0 radical (unpaired) electrons. The zero-order valence-corrected chi connectivity index (χ0v) is 14.7. The number of nitrogens with one attached hydrogen (secondary N) is 2. The number of carbonyl (C=O) groups excluding carboxylic acids is 1. The summed E-state index contributed by atoms with van der Waals surface area (Å²) >= 11 is 5.23. The number of carbonyl (C=O) groups is 1. The molecule has 0 bridgehead atoms.